The maximum atomic E-state index is 14.4. The maximum absolute atomic E-state index is 14.4. The Kier molecular flexibility index (Phi) is 3.75. The Morgan fingerprint density at radius 1 is 1.17 bits per heavy atom. The number of rotatable bonds is 1. The number of carbonyl (C=O) groups is 1. The Morgan fingerprint density at radius 2 is 1.88 bits per heavy atom. The van der Waals surface area contributed by atoms with Crippen molar-refractivity contribution in [2.75, 3.05) is 33.7 Å². The van der Waals surface area contributed by atoms with Gasteiger partial charge >= 0.3 is 6.03 Å². The van der Waals surface area contributed by atoms with E-state index in [2.05, 4.69) is 4.90 Å². The van der Waals surface area contributed by atoms with E-state index in [0.717, 1.165) is 32.0 Å². The number of hydrogen-bond acceptors (Lipinski definition) is 2. The van der Waals surface area contributed by atoms with Crippen LogP contribution in [0, 0.1) is 17.6 Å². The van der Waals surface area contributed by atoms with Crippen molar-refractivity contribution in [2.45, 2.75) is 30.8 Å². The maximum Gasteiger partial charge on any atom is 0.319 e. The van der Waals surface area contributed by atoms with Crippen LogP contribution in [0.2, 0.25) is 0 Å². The van der Waals surface area contributed by atoms with E-state index in [0.29, 0.717) is 18.0 Å². The molecule has 2 bridgehead atoms. The van der Waals surface area contributed by atoms with Crippen LogP contribution in [-0.4, -0.2) is 66.5 Å². The molecule has 0 N–H and O–H groups in total. The number of urea groups is 1. The van der Waals surface area contributed by atoms with E-state index in [1.807, 2.05) is 4.90 Å². The van der Waals surface area contributed by atoms with Gasteiger partial charge in [0.05, 0.1) is 6.04 Å². The molecule has 130 valence electrons. The zero-order valence-electron chi connectivity index (χ0n) is 14.1. The molecule has 0 aromatic heterocycles. The van der Waals surface area contributed by atoms with Crippen molar-refractivity contribution in [1.29, 1.82) is 0 Å². The number of hydrogen-bond donors (Lipinski definition) is 0. The predicted octanol–water partition coefficient (Wildman–Crippen LogP) is 2.51. The lowest BCUT2D eigenvalue weighted by atomic mass is 9.75. The number of benzene rings is 1. The molecule has 24 heavy (non-hydrogen) atoms. The Labute approximate surface area is 141 Å². The highest BCUT2D eigenvalue weighted by Gasteiger charge is 2.55. The fourth-order valence-electron chi connectivity index (χ4n) is 4.98. The van der Waals surface area contributed by atoms with Gasteiger partial charge in [0.15, 0.2) is 11.6 Å². The molecule has 0 aliphatic carbocycles. The summed E-state index contributed by atoms with van der Waals surface area (Å²) in [4.78, 5) is 18.5. The molecule has 0 saturated carbocycles. The van der Waals surface area contributed by atoms with Crippen LogP contribution in [0.3, 0.4) is 0 Å². The number of piperidine rings is 3. The first-order valence-corrected chi connectivity index (χ1v) is 8.65. The zero-order chi connectivity index (χ0) is 17.0. The number of carbonyl (C=O) groups excluding carboxylic acids is 1. The minimum absolute atomic E-state index is 0.0296. The summed E-state index contributed by atoms with van der Waals surface area (Å²) in [5, 5.41) is 0. The zero-order valence-corrected chi connectivity index (χ0v) is 14.1. The summed E-state index contributed by atoms with van der Waals surface area (Å²) in [7, 11) is 3.49. The molecule has 4 saturated heterocycles. The first-order valence-electron chi connectivity index (χ1n) is 8.65. The highest BCUT2D eigenvalue weighted by Crippen LogP contribution is 2.47. The third-order valence-electron chi connectivity index (χ3n) is 6.00. The summed E-state index contributed by atoms with van der Waals surface area (Å²) in [6.45, 7) is 2.44. The number of halogens is 2. The van der Waals surface area contributed by atoms with Gasteiger partial charge in [0.2, 0.25) is 0 Å². The van der Waals surface area contributed by atoms with E-state index in [1.165, 1.54) is 0 Å². The van der Waals surface area contributed by atoms with Crippen molar-refractivity contribution in [3.63, 3.8) is 0 Å². The van der Waals surface area contributed by atoms with Crippen molar-refractivity contribution in [3.05, 3.63) is 35.4 Å². The fourth-order valence-corrected chi connectivity index (χ4v) is 4.98. The molecule has 1 aromatic rings. The molecule has 6 heteroatoms. The third-order valence-corrected chi connectivity index (χ3v) is 6.00. The Balaban J connectivity index is 1.75. The summed E-state index contributed by atoms with van der Waals surface area (Å²) in [5.41, 5.74) is 0.409. The van der Waals surface area contributed by atoms with Gasteiger partial charge in [0.1, 0.15) is 0 Å². The van der Waals surface area contributed by atoms with Crippen molar-refractivity contribution in [3.8, 4) is 0 Å². The molecule has 4 nitrogen and oxygen atoms in total. The average Bonchev–Trinajstić information content (AvgIpc) is 3.00. The smallest absolute Gasteiger partial charge is 0.319 e. The average molecular weight is 335 g/mol. The molecule has 1 aromatic carbocycles. The second-order valence-electron chi connectivity index (χ2n) is 7.43. The van der Waals surface area contributed by atoms with Gasteiger partial charge < -0.3 is 9.80 Å². The largest absolute Gasteiger partial charge is 0.331 e. The Hall–Kier alpha value is -1.69. The molecule has 5 rings (SSSR count). The molecule has 0 radical (unpaired) electrons. The van der Waals surface area contributed by atoms with Crippen LogP contribution in [0.1, 0.15) is 24.3 Å². The first-order chi connectivity index (χ1) is 11.5. The molecule has 4 aliphatic rings. The Morgan fingerprint density at radius 3 is 2.54 bits per heavy atom. The van der Waals surface area contributed by atoms with Gasteiger partial charge in [0.25, 0.3) is 0 Å². The standard InChI is InChI=1S/C18H23F2N3O/c1-21(2)18(24)23-10-13(12-4-3-5-14(19)15(12)20)17-16(23)11-6-8-22(17)9-7-11/h3-5,11,13,16-17H,6-10H2,1-2H3/t13-,16-,17-/m1/s1. The molecule has 0 spiro atoms. The van der Waals surface area contributed by atoms with Crippen LogP contribution in [0.15, 0.2) is 18.2 Å². The van der Waals surface area contributed by atoms with Crippen molar-refractivity contribution in [2.24, 2.45) is 5.92 Å². The quantitative estimate of drug-likeness (QED) is 0.788. The topological polar surface area (TPSA) is 26.8 Å². The van der Waals surface area contributed by atoms with Crippen LogP contribution < -0.4 is 0 Å². The van der Waals surface area contributed by atoms with E-state index in [-0.39, 0.29) is 24.0 Å². The van der Waals surface area contributed by atoms with Crippen LogP contribution in [0.4, 0.5) is 13.6 Å². The number of fused-ring (bicyclic) bond motifs is 2. The van der Waals surface area contributed by atoms with Crippen LogP contribution >= 0.6 is 0 Å². The third kappa shape index (κ3) is 2.23. The molecule has 0 unspecified atom stereocenters. The minimum Gasteiger partial charge on any atom is -0.331 e. The van der Waals surface area contributed by atoms with Gasteiger partial charge in [-0.05, 0) is 43.5 Å². The van der Waals surface area contributed by atoms with E-state index < -0.39 is 11.6 Å². The normalized spacial score (nSPS) is 34.3. The SMILES string of the molecule is CN(C)C(=O)N1C[C@H](c2cccc(F)c2F)[C@@H]2[C@H]1C1CCN2CC1. The monoisotopic (exact) mass is 335 g/mol. The van der Waals surface area contributed by atoms with Gasteiger partial charge in [-0.25, -0.2) is 13.6 Å². The summed E-state index contributed by atoms with van der Waals surface area (Å²) in [6, 6.07) is 4.57. The Bertz CT molecular complexity index is 658. The van der Waals surface area contributed by atoms with E-state index >= 15 is 0 Å². The number of amides is 2. The highest BCUT2D eigenvalue weighted by atomic mass is 19.2. The molecule has 4 fully saturated rings. The summed E-state index contributed by atoms with van der Waals surface area (Å²) < 4.78 is 28.2. The molecule has 3 atom stereocenters. The van der Waals surface area contributed by atoms with Gasteiger partial charge in [-0.15, -0.1) is 0 Å². The van der Waals surface area contributed by atoms with Crippen LogP contribution in [0.5, 0.6) is 0 Å². The van der Waals surface area contributed by atoms with Crippen LogP contribution in [0.25, 0.3) is 0 Å². The summed E-state index contributed by atoms with van der Waals surface area (Å²) >= 11 is 0. The van der Waals surface area contributed by atoms with Crippen molar-refractivity contribution >= 4 is 6.03 Å². The number of likely N-dealkylation sites (tertiary alicyclic amines) is 1. The first kappa shape index (κ1) is 15.8. The second-order valence-corrected chi connectivity index (χ2v) is 7.43. The lowest BCUT2D eigenvalue weighted by molar-refractivity contribution is 0.000678. The fraction of sp³-hybridized carbons (Fsp3) is 0.611. The summed E-state index contributed by atoms with van der Waals surface area (Å²) in [6.07, 6.45) is 2.16. The van der Waals surface area contributed by atoms with Gasteiger partial charge in [-0.3, -0.25) is 4.90 Å². The molecule has 2 amide bonds. The highest BCUT2D eigenvalue weighted by molar-refractivity contribution is 5.75. The van der Waals surface area contributed by atoms with Crippen molar-refractivity contribution in [1.82, 2.24) is 14.7 Å². The summed E-state index contributed by atoms with van der Waals surface area (Å²) in [5.74, 6) is -1.27. The van der Waals surface area contributed by atoms with Gasteiger partial charge in [-0.1, -0.05) is 12.1 Å². The van der Waals surface area contributed by atoms with Crippen molar-refractivity contribution < 1.29 is 13.6 Å². The lowest BCUT2D eigenvalue weighted by Gasteiger charge is -2.51. The van der Waals surface area contributed by atoms with Gasteiger partial charge in [0, 0.05) is 32.6 Å². The second kappa shape index (κ2) is 5.69. The minimum atomic E-state index is -0.808. The van der Waals surface area contributed by atoms with E-state index in [9.17, 15) is 13.6 Å². The predicted molar refractivity (Wildman–Crippen MR) is 86.8 cm³/mol. The molecular formula is C18H23F2N3O. The molecule has 4 heterocycles. The lowest BCUT2D eigenvalue weighted by Crippen LogP contribution is -2.61. The van der Waals surface area contributed by atoms with E-state index in [4.69, 9.17) is 0 Å². The molecular weight excluding hydrogens is 312 g/mol. The molecule has 4 aliphatic heterocycles. The van der Waals surface area contributed by atoms with Crippen LogP contribution in [-0.2, 0) is 0 Å². The van der Waals surface area contributed by atoms with E-state index in [1.54, 1.807) is 31.1 Å². The van der Waals surface area contributed by atoms with Gasteiger partial charge in [-0.2, -0.15) is 0 Å². The number of nitrogens with zero attached hydrogens (tertiary/aromatic N) is 3.